The molecule has 1 aliphatic rings. The van der Waals surface area contributed by atoms with Crippen LogP contribution >= 0.6 is 23.5 Å². The number of rotatable bonds is 4. The molecule has 0 saturated carbocycles. The maximum atomic E-state index is 10.7. The van der Waals surface area contributed by atoms with Gasteiger partial charge in [-0.15, -0.1) is 0 Å². The molecule has 0 saturated heterocycles. The molecular weight excluding hydrogens is 320 g/mol. The lowest BCUT2D eigenvalue weighted by Gasteiger charge is -2.23. The topological polar surface area (TPSA) is 64.7 Å². The Kier molecular flexibility index (Phi) is 4.08. The summed E-state index contributed by atoms with van der Waals surface area (Å²) in [6.45, 7) is 0. The predicted molar refractivity (Wildman–Crippen MR) is 89.9 cm³/mol. The molecule has 0 aromatic heterocycles. The van der Waals surface area contributed by atoms with E-state index < -0.39 is 9.19 Å². The van der Waals surface area contributed by atoms with Gasteiger partial charge in [-0.05, 0) is 30.2 Å². The van der Waals surface area contributed by atoms with Crippen LogP contribution in [0.5, 0.6) is 0 Å². The maximum absolute atomic E-state index is 10.7. The van der Waals surface area contributed by atoms with Crippen LogP contribution in [0.1, 0.15) is 11.1 Å². The second kappa shape index (κ2) is 6.02. The van der Waals surface area contributed by atoms with E-state index in [1.165, 1.54) is 23.9 Å². The first-order valence-corrected chi connectivity index (χ1v) is 8.49. The van der Waals surface area contributed by atoms with E-state index in [-0.39, 0.29) is 5.69 Å². The lowest BCUT2D eigenvalue weighted by atomic mass is 10.2. The summed E-state index contributed by atoms with van der Waals surface area (Å²) < 4.78 is -0.613. The minimum atomic E-state index is -0.613. The van der Waals surface area contributed by atoms with Crippen molar-refractivity contribution >= 4 is 34.3 Å². The summed E-state index contributed by atoms with van der Waals surface area (Å²) in [4.78, 5) is 16.0. The van der Waals surface area contributed by atoms with Crippen molar-refractivity contribution in [3.8, 4) is 0 Å². The molecule has 0 radical (unpaired) electrons. The van der Waals surface area contributed by atoms with E-state index >= 15 is 0 Å². The molecule has 2 aromatic carbocycles. The molecule has 0 aliphatic carbocycles. The van der Waals surface area contributed by atoms with Crippen LogP contribution in [0.4, 0.5) is 5.69 Å². The molecule has 1 aliphatic heterocycles. The molecule has 22 heavy (non-hydrogen) atoms. The zero-order valence-corrected chi connectivity index (χ0v) is 13.3. The fourth-order valence-corrected chi connectivity index (χ4v) is 4.02. The molecule has 0 fully saturated rings. The highest BCUT2D eigenvalue weighted by atomic mass is 32.2. The largest absolute Gasteiger partial charge is 0.360 e. The van der Waals surface area contributed by atoms with E-state index in [0.717, 1.165) is 11.1 Å². The van der Waals surface area contributed by atoms with Crippen LogP contribution in [0.2, 0.25) is 0 Å². The summed E-state index contributed by atoms with van der Waals surface area (Å²) >= 11 is 3.06. The van der Waals surface area contributed by atoms with Crippen LogP contribution in [0.25, 0.3) is 0 Å². The van der Waals surface area contributed by atoms with Crippen molar-refractivity contribution in [1.82, 2.24) is 0 Å². The summed E-state index contributed by atoms with van der Waals surface area (Å²) in [5.41, 5.74) is 1.89. The Hall–Kier alpha value is -1.99. The van der Waals surface area contributed by atoms with Crippen LogP contribution in [-0.2, 0) is 9.10 Å². The monoisotopic (exact) mass is 332 g/mol. The van der Waals surface area contributed by atoms with Gasteiger partial charge >= 0.3 is 0 Å². The molecule has 1 atom stereocenters. The van der Waals surface area contributed by atoms with Gasteiger partial charge in [0.05, 0.1) is 4.92 Å². The number of nitrogens with zero attached hydrogens (tertiary/aromatic N) is 2. The van der Waals surface area contributed by atoms with Crippen molar-refractivity contribution in [3.05, 3.63) is 75.8 Å². The van der Waals surface area contributed by atoms with Crippen molar-refractivity contribution in [2.24, 2.45) is 5.16 Å². The van der Waals surface area contributed by atoms with Gasteiger partial charge < -0.3 is 4.84 Å². The Labute approximate surface area is 135 Å². The molecule has 2 aromatic rings. The van der Waals surface area contributed by atoms with E-state index in [1.54, 1.807) is 23.9 Å². The molecule has 0 amide bonds. The SMILES string of the molecule is CSC1(c2ccccc2)ON=C(c2ccc([N+](=O)[O-])cc2)S1. The predicted octanol–water partition coefficient (Wildman–Crippen LogP) is 4.19. The first kappa shape index (κ1) is 14.9. The highest BCUT2D eigenvalue weighted by Crippen LogP contribution is 2.51. The van der Waals surface area contributed by atoms with E-state index in [1.807, 2.05) is 36.6 Å². The average Bonchev–Trinajstić information content (AvgIpc) is 3.02. The first-order valence-electron chi connectivity index (χ1n) is 6.45. The fourth-order valence-electron chi connectivity index (χ4n) is 2.05. The molecule has 1 heterocycles. The molecule has 1 unspecified atom stereocenters. The Bertz CT molecular complexity index is 719. The van der Waals surface area contributed by atoms with Crippen LogP contribution < -0.4 is 0 Å². The van der Waals surface area contributed by atoms with Gasteiger partial charge in [-0.3, -0.25) is 10.1 Å². The van der Waals surface area contributed by atoms with Gasteiger partial charge in [0.25, 0.3) is 9.95 Å². The first-order chi connectivity index (χ1) is 10.6. The van der Waals surface area contributed by atoms with Crippen LogP contribution in [0.15, 0.2) is 59.8 Å². The van der Waals surface area contributed by atoms with Gasteiger partial charge in [-0.1, -0.05) is 47.2 Å². The smallest absolute Gasteiger partial charge is 0.269 e. The van der Waals surface area contributed by atoms with Gasteiger partial charge in [0.1, 0.15) is 5.04 Å². The zero-order valence-electron chi connectivity index (χ0n) is 11.6. The average molecular weight is 332 g/mol. The number of thioether (sulfide) groups is 2. The number of nitro benzene ring substituents is 1. The minimum Gasteiger partial charge on any atom is -0.360 e. The molecule has 7 heteroatoms. The number of hydrogen-bond donors (Lipinski definition) is 0. The Balaban J connectivity index is 1.85. The highest BCUT2D eigenvalue weighted by molar-refractivity contribution is 8.25. The third-order valence-corrected chi connectivity index (χ3v) is 5.88. The number of benzene rings is 2. The van der Waals surface area contributed by atoms with Gasteiger partial charge in [0.2, 0.25) is 0 Å². The molecule has 0 bridgehead atoms. The third-order valence-electron chi connectivity index (χ3n) is 3.20. The lowest BCUT2D eigenvalue weighted by Crippen LogP contribution is -2.16. The van der Waals surface area contributed by atoms with Crippen LogP contribution in [0.3, 0.4) is 0 Å². The number of non-ortho nitro benzene ring substituents is 1. The summed E-state index contributed by atoms with van der Waals surface area (Å²) in [7, 11) is 0. The van der Waals surface area contributed by atoms with Crippen molar-refractivity contribution in [1.29, 1.82) is 0 Å². The van der Waals surface area contributed by atoms with Crippen molar-refractivity contribution in [2.75, 3.05) is 6.26 Å². The summed E-state index contributed by atoms with van der Waals surface area (Å²) in [5, 5.41) is 15.6. The molecular formula is C15H12N2O3S2. The van der Waals surface area contributed by atoms with E-state index in [2.05, 4.69) is 5.16 Å². The van der Waals surface area contributed by atoms with E-state index in [9.17, 15) is 10.1 Å². The normalized spacial score (nSPS) is 20.3. The second-order valence-corrected chi connectivity index (χ2v) is 6.93. The second-order valence-electron chi connectivity index (χ2n) is 4.52. The standard InChI is InChI=1S/C15H12N2O3S2/c1-21-15(12-5-3-2-4-6-12)20-16-14(22-15)11-7-9-13(10-8-11)17(18)19/h2-10H,1H3. The maximum Gasteiger partial charge on any atom is 0.269 e. The number of hydrogen-bond acceptors (Lipinski definition) is 6. The minimum absolute atomic E-state index is 0.0625. The fraction of sp³-hybridized carbons (Fsp3) is 0.133. The molecule has 3 rings (SSSR count). The summed E-state index contributed by atoms with van der Waals surface area (Å²) in [6, 6.07) is 16.2. The van der Waals surface area contributed by atoms with E-state index in [0.29, 0.717) is 5.04 Å². The summed E-state index contributed by atoms with van der Waals surface area (Å²) in [5.74, 6) is 0. The Morgan fingerprint density at radius 3 is 2.45 bits per heavy atom. The number of oxime groups is 1. The third kappa shape index (κ3) is 2.69. The molecule has 5 nitrogen and oxygen atoms in total. The van der Waals surface area contributed by atoms with Crippen molar-refractivity contribution in [2.45, 2.75) is 4.27 Å². The molecule has 0 N–H and O–H groups in total. The molecule has 0 spiro atoms. The Morgan fingerprint density at radius 1 is 1.18 bits per heavy atom. The molecule has 112 valence electrons. The van der Waals surface area contributed by atoms with Crippen molar-refractivity contribution < 1.29 is 9.76 Å². The van der Waals surface area contributed by atoms with Gasteiger partial charge in [-0.2, -0.15) is 0 Å². The highest BCUT2D eigenvalue weighted by Gasteiger charge is 2.42. The zero-order chi connectivity index (χ0) is 15.6. The van der Waals surface area contributed by atoms with Crippen LogP contribution in [-0.4, -0.2) is 16.2 Å². The van der Waals surface area contributed by atoms with Gasteiger partial charge in [-0.25, -0.2) is 0 Å². The van der Waals surface area contributed by atoms with Gasteiger partial charge in [0, 0.05) is 23.3 Å². The van der Waals surface area contributed by atoms with Crippen molar-refractivity contribution in [3.63, 3.8) is 0 Å². The number of nitro groups is 1. The summed E-state index contributed by atoms with van der Waals surface area (Å²) in [6.07, 6.45) is 1.97. The quantitative estimate of drug-likeness (QED) is 0.620. The lowest BCUT2D eigenvalue weighted by molar-refractivity contribution is -0.384. The van der Waals surface area contributed by atoms with E-state index in [4.69, 9.17) is 4.84 Å². The van der Waals surface area contributed by atoms with Crippen LogP contribution in [0, 0.1) is 10.1 Å². The van der Waals surface area contributed by atoms with Gasteiger partial charge in [0.15, 0.2) is 0 Å². The Morgan fingerprint density at radius 2 is 1.86 bits per heavy atom.